The molecule has 3 aliphatic rings. The molecule has 3 aliphatic heterocycles. The van der Waals surface area contributed by atoms with Gasteiger partial charge in [-0.3, -0.25) is 34.1 Å². The molecule has 3 aromatic carbocycles. The minimum Gasteiger partial charge on any atom is -0.506 e. The molecule has 4 N–H and O–H groups in total. The molecule has 0 aliphatic carbocycles. The van der Waals surface area contributed by atoms with Gasteiger partial charge < -0.3 is 10.4 Å². The number of phenolic OH excluding ortho intramolecular Hbond substituents is 1. The second-order valence-corrected chi connectivity index (χ2v) is 16.2. The minimum atomic E-state index is -4.40. The molecule has 4 aromatic rings. The van der Waals surface area contributed by atoms with Gasteiger partial charge in [0.2, 0.25) is 17.7 Å². The molecule has 3 fully saturated rings. The summed E-state index contributed by atoms with van der Waals surface area (Å²) in [6.45, 7) is 4.16. The number of benzene rings is 3. The third kappa shape index (κ3) is 6.65. The van der Waals surface area contributed by atoms with Gasteiger partial charge in [-0.1, -0.05) is 12.1 Å². The maximum atomic E-state index is 15.9. The van der Waals surface area contributed by atoms with Crippen molar-refractivity contribution in [1.29, 1.82) is 0 Å². The number of aromatic hydroxyl groups is 1. The summed E-state index contributed by atoms with van der Waals surface area (Å²) < 4.78 is 75.5. The van der Waals surface area contributed by atoms with Gasteiger partial charge in [0.1, 0.15) is 18.0 Å². The molecule has 53 heavy (non-hydrogen) atoms. The van der Waals surface area contributed by atoms with Crippen LogP contribution >= 0.6 is 0 Å². The molecule has 14 nitrogen and oxygen atoms in total. The maximum Gasteiger partial charge on any atom is 0.326 e. The lowest BCUT2D eigenvalue weighted by atomic mass is 9.85. The quantitative estimate of drug-likeness (QED) is 0.214. The average molecular weight is 756 g/mol. The van der Waals surface area contributed by atoms with E-state index in [1.54, 1.807) is 27.6 Å². The smallest absolute Gasteiger partial charge is 0.326 e. The molecule has 0 bridgehead atoms. The molecule has 2 unspecified atom stereocenters. The number of phenols is 1. The summed E-state index contributed by atoms with van der Waals surface area (Å²) in [4.78, 5) is 50.5. The van der Waals surface area contributed by atoms with Crippen LogP contribution in [0.15, 0.2) is 42.5 Å². The first kappa shape index (κ1) is 36.1. The highest BCUT2D eigenvalue weighted by Crippen LogP contribution is 2.43. The lowest BCUT2D eigenvalue weighted by Gasteiger charge is -2.38. The number of nitrogens with zero attached hydrogens (tertiary/aromatic N) is 4. The third-order valence-electron chi connectivity index (χ3n) is 9.77. The van der Waals surface area contributed by atoms with Gasteiger partial charge in [-0.2, -0.15) is 13.5 Å². The number of carbonyl (C=O) groups excluding carboxylic acids is 4. The zero-order chi connectivity index (χ0) is 38.2. The van der Waals surface area contributed by atoms with E-state index in [0.717, 1.165) is 6.07 Å². The number of carbonyl (C=O) groups is 4. The van der Waals surface area contributed by atoms with Crippen molar-refractivity contribution >= 4 is 66.9 Å². The van der Waals surface area contributed by atoms with E-state index in [1.807, 2.05) is 20.8 Å². The predicted octanol–water partition coefficient (Wildman–Crippen LogP) is 3.55. The number of alkyl halides is 2. The van der Waals surface area contributed by atoms with E-state index < -0.39 is 81.6 Å². The number of nitrogens with one attached hydrogen (secondary N) is 3. The molecule has 3 saturated heterocycles. The molecule has 0 radical (unpaired) electrons. The zero-order valence-corrected chi connectivity index (χ0v) is 29.7. The van der Waals surface area contributed by atoms with E-state index in [4.69, 9.17) is 5.10 Å². The third-order valence-corrected chi connectivity index (χ3v) is 11.1. The lowest BCUT2D eigenvalue weighted by molar-refractivity contribution is -0.134. The van der Waals surface area contributed by atoms with Crippen molar-refractivity contribution < 1.29 is 45.9 Å². The van der Waals surface area contributed by atoms with Crippen LogP contribution < -0.4 is 19.7 Å². The Morgan fingerprint density at radius 3 is 2.45 bits per heavy atom. The van der Waals surface area contributed by atoms with E-state index in [9.17, 15) is 32.7 Å². The molecule has 4 amide bonds. The number of aromatic nitrogens is 2. The van der Waals surface area contributed by atoms with E-state index in [-0.39, 0.29) is 48.3 Å². The summed E-state index contributed by atoms with van der Waals surface area (Å²) in [6, 6.07) is 10.1. The first-order valence-electron chi connectivity index (χ1n) is 16.9. The second kappa shape index (κ2) is 12.7. The van der Waals surface area contributed by atoms with E-state index in [0.29, 0.717) is 32.9 Å². The van der Waals surface area contributed by atoms with Gasteiger partial charge in [0.05, 0.1) is 41.7 Å². The topological polar surface area (TPSA) is 183 Å². The van der Waals surface area contributed by atoms with Crippen LogP contribution in [0, 0.1) is 5.82 Å². The number of amides is 4. The first-order valence-corrected chi connectivity index (χ1v) is 18.3. The van der Waals surface area contributed by atoms with Crippen LogP contribution in [0.1, 0.15) is 63.1 Å². The molecular formula is C35H36F3N7O7S. The average Bonchev–Trinajstić information content (AvgIpc) is 3.55. The Morgan fingerprint density at radius 1 is 1.06 bits per heavy atom. The molecule has 280 valence electrons. The van der Waals surface area contributed by atoms with Crippen molar-refractivity contribution in [2.75, 3.05) is 35.8 Å². The number of piperidine rings is 2. The highest BCUT2D eigenvalue weighted by atomic mass is 32.2. The van der Waals surface area contributed by atoms with Gasteiger partial charge >= 0.3 is 10.2 Å². The Labute approximate surface area is 301 Å². The fourth-order valence-electron chi connectivity index (χ4n) is 7.35. The van der Waals surface area contributed by atoms with Crippen molar-refractivity contribution in [2.24, 2.45) is 0 Å². The number of imide groups is 1. The highest BCUT2D eigenvalue weighted by Gasteiger charge is 2.46. The Morgan fingerprint density at radius 2 is 1.79 bits per heavy atom. The second-order valence-electron chi connectivity index (χ2n) is 14.6. The monoisotopic (exact) mass is 755 g/mol. The van der Waals surface area contributed by atoms with Crippen molar-refractivity contribution in [2.45, 2.75) is 63.3 Å². The molecule has 18 heteroatoms. The van der Waals surface area contributed by atoms with Gasteiger partial charge in [0.15, 0.2) is 5.82 Å². The number of likely N-dealkylation sites (tertiary alicyclic amines) is 1. The van der Waals surface area contributed by atoms with E-state index in [1.165, 1.54) is 23.1 Å². The largest absolute Gasteiger partial charge is 0.506 e. The standard InChI is InChI=1S/C35H36F3N7O7S/c1-34(2,3)45-25-13-18(4-6-22(25)31(41-45)23-8-9-27(47)40-33(23)50)24-10-11-43(17-35(24,37)38)15-28(48)39-20-5-7-21-19(12-20)14-26(46)32(30(21)36)44-16-29(49)42-53(44,51)52/h4-7,12-14,23-24,46H,8-11,15-17H2,1-3H3,(H,39,48)(H,42,49)(H,40,47,50). The minimum absolute atomic E-state index is 0.0418. The molecular weight excluding hydrogens is 719 g/mol. The van der Waals surface area contributed by atoms with Crippen molar-refractivity contribution in [1.82, 2.24) is 24.7 Å². The molecule has 4 heterocycles. The van der Waals surface area contributed by atoms with Crippen LogP contribution in [0.5, 0.6) is 5.75 Å². The summed E-state index contributed by atoms with van der Waals surface area (Å²) in [5.74, 6) is -9.16. The molecule has 0 saturated carbocycles. The Bertz CT molecular complexity index is 2340. The Balaban J connectivity index is 1.06. The van der Waals surface area contributed by atoms with Crippen molar-refractivity contribution in [3.63, 3.8) is 0 Å². The fraction of sp³-hybridized carbons (Fsp3) is 0.400. The lowest BCUT2D eigenvalue weighted by Crippen LogP contribution is -2.49. The molecule has 7 rings (SSSR count). The predicted molar refractivity (Wildman–Crippen MR) is 187 cm³/mol. The summed E-state index contributed by atoms with van der Waals surface area (Å²) in [5, 5.41) is 20.9. The first-order chi connectivity index (χ1) is 24.8. The number of rotatable bonds is 6. The molecule has 0 spiro atoms. The molecule has 2 atom stereocenters. The van der Waals surface area contributed by atoms with E-state index >= 15 is 13.2 Å². The van der Waals surface area contributed by atoms with Crippen molar-refractivity contribution in [3.05, 3.63) is 59.5 Å². The van der Waals surface area contributed by atoms with Gasteiger partial charge in [0, 0.05) is 22.9 Å². The van der Waals surface area contributed by atoms with E-state index in [2.05, 4.69) is 10.6 Å². The Hall–Kier alpha value is -5.23. The summed E-state index contributed by atoms with van der Waals surface area (Å²) >= 11 is 0. The van der Waals surface area contributed by atoms with Crippen molar-refractivity contribution in [3.8, 4) is 5.75 Å². The number of hydrogen-bond donors (Lipinski definition) is 4. The van der Waals surface area contributed by atoms with Crippen LogP contribution in [-0.4, -0.2) is 83.9 Å². The zero-order valence-electron chi connectivity index (χ0n) is 28.9. The number of hydrogen-bond acceptors (Lipinski definition) is 9. The van der Waals surface area contributed by atoms with Crippen LogP contribution in [0.2, 0.25) is 0 Å². The number of fused-ring (bicyclic) bond motifs is 2. The van der Waals surface area contributed by atoms with Crippen LogP contribution in [0.3, 0.4) is 0 Å². The number of anilines is 2. The Kier molecular flexibility index (Phi) is 8.67. The fourth-order valence-corrected chi connectivity index (χ4v) is 8.52. The molecule has 1 aromatic heterocycles. The summed E-state index contributed by atoms with van der Waals surface area (Å²) in [5.41, 5.74) is 0.418. The van der Waals surface area contributed by atoms with Crippen LogP contribution in [0.4, 0.5) is 24.5 Å². The highest BCUT2D eigenvalue weighted by molar-refractivity contribution is 7.92. The SMILES string of the molecule is CC(C)(C)n1nc(C2CCC(=O)NC2=O)c2ccc(C3CCN(CC(=O)Nc4ccc5c(F)c(N6CC(=O)NS6(=O)=O)c(O)cc5c4)CC3(F)F)cc21. The van der Waals surface area contributed by atoms with Gasteiger partial charge in [-0.05, 0) is 81.4 Å². The van der Waals surface area contributed by atoms with Gasteiger partial charge in [0.25, 0.3) is 11.8 Å². The van der Waals surface area contributed by atoms with Gasteiger partial charge in [-0.25, -0.2) is 22.2 Å². The number of halogens is 3. The normalized spacial score (nSPS) is 21.9. The van der Waals surface area contributed by atoms with Crippen LogP contribution in [0.25, 0.3) is 21.7 Å². The summed E-state index contributed by atoms with van der Waals surface area (Å²) in [6.07, 6.45) is 0.513. The van der Waals surface area contributed by atoms with Gasteiger partial charge in [-0.15, -0.1) is 0 Å². The maximum absolute atomic E-state index is 15.9. The van der Waals surface area contributed by atoms with Crippen LogP contribution in [-0.2, 0) is 34.9 Å². The summed E-state index contributed by atoms with van der Waals surface area (Å²) in [7, 11) is -4.40.